The molecule has 1 saturated heterocycles. The first kappa shape index (κ1) is 13.2. The number of imide groups is 1. The molecule has 0 aromatic heterocycles. The van der Waals surface area contributed by atoms with Crippen molar-refractivity contribution in [3.05, 3.63) is 46.5 Å². The molecule has 0 spiro atoms. The summed E-state index contributed by atoms with van der Waals surface area (Å²) in [5.41, 5.74) is 0.890. The average molecular weight is 337 g/mol. The molecular weight excluding hydrogens is 324 g/mol. The van der Waals surface area contributed by atoms with E-state index in [0.29, 0.717) is 6.54 Å². The number of urea groups is 1. The predicted molar refractivity (Wildman–Crippen MR) is 76.2 cm³/mol. The van der Waals surface area contributed by atoms with E-state index in [0.717, 1.165) is 14.9 Å². The lowest BCUT2D eigenvalue weighted by Gasteiger charge is -2.41. The Morgan fingerprint density at radius 1 is 1.40 bits per heavy atom. The molecular formula is C14H13BrN2O3. The average Bonchev–Trinajstić information content (AvgIpc) is 2.45. The molecule has 1 aromatic rings. The van der Waals surface area contributed by atoms with Gasteiger partial charge in [0.05, 0.1) is 6.04 Å². The van der Waals surface area contributed by atoms with E-state index in [4.69, 9.17) is 4.74 Å². The number of rotatable bonds is 2. The van der Waals surface area contributed by atoms with E-state index in [9.17, 15) is 9.59 Å². The molecule has 1 aliphatic heterocycles. The van der Waals surface area contributed by atoms with Crippen molar-refractivity contribution in [2.24, 2.45) is 5.92 Å². The first-order chi connectivity index (χ1) is 9.65. The molecule has 0 bridgehead atoms. The van der Waals surface area contributed by atoms with Crippen LogP contribution in [-0.4, -0.2) is 29.6 Å². The van der Waals surface area contributed by atoms with Gasteiger partial charge in [-0.05, 0) is 5.56 Å². The molecule has 5 nitrogen and oxygen atoms in total. The summed E-state index contributed by atoms with van der Waals surface area (Å²) >= 11 is 3.41. The summed E-state index contributed by atoms with van der Waals surface area (Å²) in [6, 6.07) is 8.99. The van der Waals surface area contributed by atoms with Gasteiger partial charge in [-0.2, -0.15) is 0 Å². The zero-order chi connectivity index (χ0) is 14.1. The van der Waals surface area contributed by atoms with Gasteiger partial charge in [0.25, 0.3) is 0 Å². The van der Waals surface area contributed by atoms with Gasteiger partial charge >= 0.3 is 12.1 Å². The van der Waals surface area contributed by atoms with Crippen molar-refractivity contribution in [2.45, 2.75) is 12.6 Å². The number of fused-ring (bicyclic) bond motifs is 1. The topological polar surface area (TPSA) is 58.6 Å². The highest BCUT2D eigenvalue weighted by atomic mass is 79.9. The van der Waals surface area contributed by atoms with Gasteiger partial charge in [0, 0.05) is 16.9 Å². The van der Waals surface area contributed by atoms with E-state index >= 15 is 0 Å². The van der Waals surface area contributed by atoms with Crippen LogP contribution in [0.4, 0.5) is 9.59 Å². The Bertz CT molecular complexity index is 573. The fourth-order valence-corrected chi connectivity index (χ4v) is 2.98. The summed E-state index contributed by atoms with van der Waals surface area (Å²) in [6.07, 6.45) is 1.31. The third-order valence-electron chi connectivity index (χ3n) is 3.47. The summed E-state index contributed by atoms with van der Waals surface area (Å²) in [5, 5.41) is 2.76. The highest BCUT2D eigenvalue weighted by Gasteiger charge is 2.42. The van der Waals surface area contributed by atoms with Gasteiger partial charge in [0.15, 0.2) is 0 Å². The van der Waals surface area contributed by atoms with E-state index < -0.39 is 12.1 Å². The first-order valence-electron chi connectivity index (χ1n) is 6.31. The van der Waals surface area contributed by atoms with Crippen LogP contribution in [-0.2, 0) is 11.3 Å². The van der Waals surface area contributed by atoms with Crippen molar-refractivity contribution in [3.8, 4) is 0 Å². The molecule has 2 aliphatic rings. The van der Waals surface area contributed by atoms with Gasteiger partial charge in [-0.15, -0.1) is 0 Å². The normalized spacial score (nSPS) is 24.1. The van der Waals surface area contributed by atoms with Gasteiger partial charge in [0.2, 0.25) is 0 Å². The Morgan fingerprint density at radius 2 is 2.15 bits per heavy atom. The molecule has 2 atom stereocenters. The Kier molecular flexibility index (Phi) is 3.48. The standard InChI is InChI=1S/C14H13BrN2O3/c15-11-6-12-10(11)7-17(13(18)16-12)14(19)20-8-9-4-2-1-3-5-9/h1-6,10,12H,7-8H2,(H,16,18)/t10-,12+/m1/s1. The number of carbonyl (C=O) groups is 2. The summed E-state index contributed by atoms with van der Waals surface area (Å²) < 4.78 is 6.19. The SMILES string of the molecule is O=C1N[C@H]2C=C(Br)[C@H]2CN1C(=O)OCc1ccccc1. The summed E-state index contributed by atoms with van der Waals surface area (Å²) in [7, 11) is 0. The van der Waals surface area contributed by atoms with Gasteiger partial charge in [-0.25, -0.2) is 14.5 Å². The van der Waals surface area contributed by atoms with Crippen LogP contribution in [0.15, 0.2) is 40.9 Å². The Balaban J connectivity index is 1.60. The third kappa shape index (κ3) is 2.43. The quantitative estimate of drug-likeness (QED) is 0.903. The highest BCUT2D eigenvalue weighted by Crippen LogP contribution is 2.35. The van der Waals surface area contributed by atoms with Crippen molar-refractivity contribution in [1.82, 2.24) is 10.2 Å². The molecule has 20 heavy (non-hydrogen) atoms. The summed E-state index contributed by atoms with van der Waals surface area (Å²) in [6.45, 7) is 0.510. The van der Waals surface area contributed by atoms with Gasteiger partial charge < -0.3 is 10.1 Å². The number of nitrogens with one attached hydrogen (secondary N) is 1. The molecule has 1 aliphatic carbocycles. The lowest BCUT2D eigenvalue weighted by Crippen LogP contribution is -2.60. The van der Waals surface area contributed by atoms with Crippen LogP contribution in [0, 0.1) is 5.92 Å². The number of hydrogen-bond donors (Lipinski definition) is 1. The van der Waals surface area contributed by atoms with Crippen LogP contribution in [0.25, 0.3) is 0 Å². The molecule has 3 rings (SSSR count). The highest BCUT2D eigenvalue weighted by molar-refractivity contribution is 9.11. The molecule has 1 N–H and O–H groups in total. The van der Waals surface area contributed by atoms with Crippen LogP contribution >= 0.6 is 15.9 Å². The fourth-order valence-electron chi connectivity index (χ4n) is 2.26. The van der Waals surface area contributed by atoms with Gasteiger partial charge in [-0.1, -0.05) is 52.3 Å². The maximum absolute atomic E-state index is 12.0. The van der Waals surface area contributed by atoms with Crippen LogP contribution < -0.4 is 5.32 Å². The molecule has 0 saturated carbocycles. The maximum Gasteiger partial charge on any atom is 0.418 e. The second kappa shape index (κ2) is 5.28. The number of nitrogens with zero attached hydrogens (tertiary/aromatic N) is 1. The third-order valence-corrected chi connectivity index (χ3v) is 4.32. The monoisotopic (exact) mass is 336 g/mol. The van der Waals surface area contributed by atoms with Crippen LogP contribution in [0.2, 0.25) is 0 Å². The van der Waals surface area contributed by atoms with Gasteiger partial charge in [-0.3, -0.25) is 0 Å². The zero-order valence-electron chi connectivity index (χ0n) is 10.6. The number of halogens is 1. The lowest BCUT2D eigenvalue weighted by atomic mass is 9.87. The van der Waals surface area contributed by atoms with Crippen molar-refractivity contribution in [3.63, 3.8) is 0 Å². The predicted octanol–water partition coefficient (Wildman–Crippen LogP) is 2.63. The molecule has 1 heterocycles. The Morgan fingerprint density at radius 3 is 2.85 bits per heavy atom. The molecule has 0 radical (unpaired) electrons. The minimum absolute atomic E-state index is 0.0232. The van der Waals surface area contributed by atoms with Crippen LogP contribution in [0.1, 0.15) is 5.56 Å². The minimum Gasteiger partial charge on any atom is -0.444 e. The number of carbonyl (C=O) groups excluding carboxylic acids is 2. The smallest absolute Gasteiger partial charge is 0.418 e. The molecule has 6 heteroatoms. The molecule has 1 aromatic carbocycles. The largest absolute Gasteiger partial charge is 0.444 e. The number of ether oxygens (including phenoxy) is 1. The van der Waals surface area contributed by atoms with E-state index in [1.165, 1.54) is 0 Å². The molecule has 104 valence electrons. The van der Waals surface area contributed by atoms with Crippen molar-refractivity contribution in [2.75, 3.05) is 6.54 Å². The van der Waals surface area contributed by atoms with Gasteiger partial charge in [0.1, 0.15) is 6.61 Å². The second-order valence-corrected chi connectivity index (χ2v) is 5.70. The van der Waals surface area contributed by atoms with E-state index in [2.05, 4.69) is 21.2 Å². The summed E-state index contributed by atoms with van der Waals surface area (Å²) in [4.78, 5) is 24.9. The second-order valence-electron chi connectivity index (χ2n) is 4.78. The number of benzene rings is 1. The van der Waals surface area contributed by atoms with E-state index in [1.54, 1.807) is 0 Å². The van der Waals surface area contributed by atoms with Crippen molar-refractivity contribution < 1.29 is 14.3 Å². The number of amides is 3. The van der Waals surface area contributed by atoms with Crippen molar-refractivity contribution in [1.29, 1.82) is 0 Å². The minimum atomic E-state index is -0.614. The van der Waals surface area contributed by atoms with E-state index in [1.807, 2.05) is 36.4 Å². The van der Waals surface area contributed by atoms with Crippen molar-refractivity contribution >= 4 is 28.1 Å². The Labute approximate surface area is 124 Å². The van der Waals surface area contributed by atoms with E-state index in [-0.39, 0.29) is 18.6 Å². The molecule has 0 unspecified atom stereocenters. The first-order valence-corrected chi connectivity index (χ1v) is 7.10. The zero-order valence-corrected chi connectivity index (χ0v) is 12.2. The molecule has 1 fully saturated rings. The van der Waals surface area contributed by atoms with Crippen LogP contribution in [0.3, 0.4) is 0 Å². The fraction of sp³-hybridized carbons (Fsp3) is 0.286. The maximum atomic E-state index is 12.0. The Hall–Kier alpha value is -1.82. The summed E-state index contributed by atoms with van der Waals surface area (Å²) in [5.74, 6) is 0.136. The lowest BCUT2D eigenvalue weighted by molar-refractivity contribution is 0.0905. The number of hydrogen-bond acceptors (Lipinski definition) is 3. The molecule has 3 amide bonds. The van der Waals surface area contributed by atoms with Crippen LogP contribution in [0.5, 0.6) is 0 Å².